The van der Waals surface area contributed by atoms with Crippen LogP contribution in [-0.4, -0.2) is 10.8 Å². The average molecular weight is 271 g/mol. The number of nitriles is 2. The molecule has 0 heterocycles. The van der Waals surface area contributed by atoms with Crippen LogP contribution in [-0.2, 0) is 0 Å². The number of benzene rings is 1. The number of nitrogens with two attached hydrogens (primary N) is 1. The van der Waals surface area contributed by atoms with Crippen molar-refractivity contribution in [2.45, 2.75) is 0 Å². The Morgan fingerprint density at radius 1 is 1.21 bits per heavy atom. The van der Waals surface area contributed by atoms with Crippen LogP contribution in [0.25, 0.3) is 5.76 Å². The van der Waals surface area contributed by atoms with Gasteiger partial charge < -0.3 is 10.9 Å². The first-order chi connectivity index (χ1) is 9.15. The van der Waals surface area contributed by atoms with Gasteiger partial charge in [-0.2, -0.15) is 15.6 Å². The lowest BCUT2D eigenvalue weighted by molar-refractivity contribution is 0.509. The van der Waals surface area contributed by atoms with Gasteiger partial charge in [0.05, 0.1) is 10.6 Å². The number of allylic oxidation sites excluding steroid dienone is 3. The van der Waals surface area contributed by atoms with Crippen LogP contribution in [0.5, 0.6) is 0 Å². The molecule has 2 rings (SSSR count). The van der Waals surface area contributed by atoms with E-state index < -0.39 is 0 Å². The molecule has 19 heavy (non-hydrogen) atoms. The van der Waals surface area contributed by atoms with Crippen molar-refractivity contribution in [2.24, 2.45) is 10.9 Å². The number of aliphatic hydroxyl groups excluding tert-OH is 1. The zero-order valence-corrected chi connectivity index (χ0v) is 10.3. The van der Waals surface area contributed by atoms with Crippen molar-refractivity contribution in [3.05, 3.63) is 51.6 Å². The van der Waals surface area contributed by atoms with Crippen LogP contribution in [0.3, 0.4) is 0 Å². The topological polar surface area (TPSA) is 106 Å². The lowest BCUT2D eigenvalue weighted by Crippen LogP contribution is -2.18. The molecule has 6 heteroatoms. The fraction of sp³-hybridized carbons (Fsp3) is 0. The first-order valence-corrected chi connectivity index (χ1v) is 5.55. The minimum absolute atomic E-state index is 0.0466. The number of fused-ring (bicyclic) bond motifs is 1. The summed E-state index contributed by atoms with van der Waals surface area (Å²) < 4.78 is 0. The van der Waals surface area contributed by atoms with E-state index in [1.54, 1.807) is 36.4 Å². The van der Waals surface area contributed by atoms with Gasteiger partial charge in [0.25, 0.3) is 0 Å². The maximum absolute atomic E-state index is 10.1. The van der Waals surface area contributed by atoms with Crippen LogP contribution in [0.1, 0.15) is 11.1 Å². The van der Waals surface area contributed by atoms with E-state index in [-0.39, 0.29) is 27.6 Å². The second-order valence-corrected chi connectivity index (χ2v) is 4.04. The summed E-state index contributed by atoms with van der Waals surface area (Å²) in [6.07, 6.45) is 0. The third kappa shape index (κ3) is 1.83. The van der Waals surface area contributed by atoms with Gasteiger partial charge in [-0.3, -0.25) is 0 Å². The number of aliphatic hydroxyl groups is 1. The predicted molar refractivity (Wildman–Crippen MR) is 70.8 cm³/mol. The highest BCUT2D eigenvalue weighted by Crippen LogP contribution is 2.36. The number of hydrazone groups is 1. The molecular formula is C13H7ClN4O. The van der Waals surface area contributed by atoms with Crippen LogP contribution in [0, 0.1) is 22.7 Å². The molecule has 92 valence electrons. The second kappa shape index (κ2) is 4.85. The minimum Gasteiger partial charge on any atom is -0.506 e. The van der Waals surface area contributed by atoms with Gasteiger partial charge in [0.2, 0.25) is 0 Å². The zero-order valence-electron chi connectivity index (χ0n) is 9.55. The molecule has 0 spiro atoms. The normalized spacial score (nSPS) is 15.7. The summed E-state index contributed by atoms with van der Waals surface area (Å²) in [6.45, 7) is 0. The smallest absolute Gasteiger partial charge is 0.142 e. The van der Waals surface area contributed by atoms with Crippen molar-refractivity contribution in [3.8, 4) is 12.1 Å². The van der Waals surface area contributed by atoms with Crippen LogP contribution >= 0.6 is 11.6 Å². The Morgan fingerprint density at radius 3 is 2.32 bits per heavy atom. The molecule has 1 aromatic rings. The number of rotatable bonds is 0. The summed E-state index contributed by atoms with van der Waals surface area (Å²) in [6, 6.07) is 10.2. The molecule has 0 radical (unpaired) electrons. The largest absolute Gasteiger partial charge is 0.506 e. The van der Waals surface area contributed by atoms with Gasteiger partial charge in [-0.25, -0.2) is 0 Å². The molecule has 0 bridgehead atoms. The van der Waals surface area contributed by atoms with E-state index in [4.69, 9.17) is 28.0 Å². The molecule has 0 atom stereocenters. The molecule has 0 aliphatic heterocycles. The lowest BCUT2D eigenvalue weighted by Gasteiger charge is -2.20. The lowest BCUT2D eigenvalue weighted by atomic mass is 9.88. The molecule has 0 aromatic heterocycles. The van der Waals surface area contributed by atoms with Crippen molar-refractivity contribution in [2.75, 3.05) is 0 Å². The van der Waals surface area contributed by atoms with Gasteiger partial charge in [-0.1, -0.05) is 35.9 Å². The predicted octanol–water partition coefficient (Wildman–Crippen LogP) is 2.17. The summed E-state index contributed by atoms with van der Waals surface area (Å²) >= 11 is 6.02. The molecule has 1 aromatic carbocycles. The first-order valence-electron chi connectivity index (χ1n) is 5.17. The second-order valence-electron chi connectivity index (χ2n) is 3.66. The van der Waals surface area contributed by atoms with Crippen molar-refractivity contribution in [1.82, 2.24) is 0 Å². The number of hydrogen-bond donors (Lipinski definition) is 2. The Balaban J connectivity index is 2.91. The molecule has 3 N–H and O–H groups in total. The maximum Gasteiger partial charge on any atom is 0.142 e. The van der Waals surface area contributed by atoms with Gasteiger partial charge in [0, 0.05) is 11.1 Å². The van der Waals surface area contributed by atoms with Crippen LogP contribution in [0.15, 0.2) is 45.5 Å². The third-order valence-electron chi connectivity index (χ3n) is 2.70. The summed E-state index contributed by atoms with van der Waals surface area (Å²) in [4.78, 5) is 0. The molecule has 0 amide bonds. The SMILES string of the molecule is N#CC(C#N)=C1C(Cl)=C(O)c2ccccc2/C1=N/N. The van der Waals surface area contributed by atoms with Gasteiger partial charge >= 0.3 is 0 Å². The van der Waals surface area contributed by atoms with Crippen molar-refractivity contribution >= 4 is 23.1 Å². The maximum atomic E-state index is 10.1. The molecular weight excluding hydrogens is 264 g/mol. The van der Waals surface area contributed by atoms with Gasteiger partial charge in [-0.05, 0) is 0 Å². The summed E-state index contributed by atoms with van der Waals surface area (Å²) in [5.41, 5.74) is 0.970. The minimum atomic E-state index is -0.254. The fourth-order valence-corrected chi connectivity index (χ4v) is 2.16. The zero-order chi connectivity index (χ0) is 14.0. The highest BCUT2D eigenvalue weighted by molar-refractivity contribution is 6.42. The molecule has 0 saturated carbocycles. The first kappa shape index (κ1) is 12.7. The average Bonchev–Trinajstić information content (AvgIpc) is 2.45. The Bertz CT molecular complexity index is 716. The summed E-state index contributed by atoms with van der Waals surface area (Å²) in [5.74, 6) is 5.13. The van der Waals surface area contributed by atoms with E-state index in [0.717, 1.165) is 0 Å². The van der Waals surface area contributed by atoms with E-state index in [1.165, 1.54) is 0 Å². The highest BCUT2D eigenvalue weighted by atomic mass is 35.5. The number of nitrogens with zero attached hydrogens (tertiary/aromatic N) is 3. The van der Waals surface area contributed by atoms with Crippen LogP contribution in [0.2, 0.25) is 0 Å². The molecule has 1 aliphatic carbocycles. The van der Waals surface area contributed by atoms with Crippen LogP contribution in [0.4, 0.5) is 0 Å². The van der Waals surface area contributed by atoms with E-state index in [1.807, 2.05) is 0 Å². The van der Waals surface area contributed by atoms with Gasteiger partial charge in [-0.15, -0.1) is 0 Å². The Kier molecular flexibility index (Phi) is 3.24. The molecule has 1 aliphatic rings. The quantitative estimate of drug-likeness (QED) is 0.428. The standard InChI is InChI=1S/C13H7ClN4O/c14-11-10(7(5-15)6-16)12(18-17)8-3-1-2-4-9(8)13(11)19/h1-4,19H,17H2/b18-12-. The summed E-state index contributed by atoms with van der Waals surface area (Å²) in [5, 5.41) is 31.5. The fourth-order valence-electron chi connectivity index (χ4n) is 1.87. The summed E-state index contributed by atoms with van der Waals surface area (Å²) in [7, 11) is 0. The molecule has 0 saturated heterocycles. The van der Waals surface area contributed by atoms with Crippen molar-refractivity contribution in [1.29, 1.82) is 10.5 Å². The number of halogens is 1. The third-order valence-corrected chi connectivity index (χ3v) is 3.07. The molecule has 5 nitrogen and oxygen atoms in total. The van der Waals surface area contributed by atoms with Crippen molar-refractivity contribution in [3.63, 3.8) is 0 Å². The van der Waals surface area contributed by atoms with Gasteiger partial charge in [0.1, 0.15) is 29.2 Å². The van der Waals surface area contributed by atoms with Crippen LogP contribution < -0.4 is 5.84 Å². The van der Waals surface area contributed by atoms with E-state index >= 15 is 0 Å². The van der Waals surface area contributed by atoms with Gasteiger partial charge in [0.15, 0.2) is 0 Å². The number of hydrogen-bond acceptors (Lipinski definition) is 5. The highest BCUT2D eigenvalue weighted by Gasteiger charge is 2.29. The van der Waals surface area contributed by atoms with E-state index in [2.05, 4.69) is 5.10 Å². The Labute approximate surface area is 114 Å². The van der Waals surface area contributed by atoms with Crippen molar-refractivity contribution < 1.29 is 5.11 Å². The van der Waals surface area contributed by atoms with E-state index in [0.29, 0.717) is 11.1 Å². The Morgan fingerprint density at radius 2 is 1.79 bits per heavy atom. The monoisotopic (exact) mass is 270 g/mol. The molecule has 0 unspecified atom stereocenters. The Hall–Kier alpha value is -2.76. The van der Waals surface area contributed by atoms with E-state index in [9.17, 15) is 5.11 Å². The molecule has 0 fully saturated rings.